The summed E-state index contributed by atoms with van der Waals surface area (Å²) in [5, 5.41) is 9.24. The molecule has 3 unspecified atom stereocenters. The van der Waals surface area contributed by atoms with Crippen LogP contribution in [0, 0.1) is 17.8 Å². The summed E-state index contributed by atoms with van der Waals surface area (Å²) in [6.07, 6.45) is -0.169. The minimum Gasteiger partial charge on any atom is -0.393 e. The lowest BCUT2D eigenvalue weighted by Gasteiger charge is -2.25. The van der Waals surface area contributed by atoms with Crippen LogP contribution in [0.1, 0.15) is 34.6 Å². The molecule has 0 aromatic heterocycles. The van der Waals surface area contributed by atoms with E-state index >= 15 is 0 Å². The molecule has 0 saturated carbocycles. The Hall–Kier alpha value is -0.0400. The van der Waals surface area contributed by atoms with Gasteiger partial charge in [0, 0.05) is 0 Å². The second-order valence-electron chi connectivity index (χ2n) is 3.70. The van der Waals surface area contributed by atoms with Gasteiger partial charge in [0.2, 0.25) is 0 Å². The molecule has 0 aromatic carbocycles. The van der Waals surface area contributed by atoms with Crippen molar-refractivity contribution in [3.8, 4) is 0 Å². The number of rotatable bonds is 3. The Labute approximate surface area is 64.5 Å². The molecule has 0 rings (SSSR count). The van der Waals surface area contributed by atoms with Crippen LogP contribution >= 0.6 is 0 Å². The molecule has 0 bridgehead atoms. The van der Waals surface area contributed by atoms with Crippen LogP contribution in [0.5, 0.6) is 0 Å². The van der Waals surface area contributed by atoms with E-state index in [1.807, 2.05) is 6.92 Å². The second kappa shape index (κ2) is 3.97. The van der Waals surface area contributed by atoms with Crippen molar-refractivity contribution >= 4 is 0 Å². The van der Waals surface area contributed by atoms with Gasteiger partial charge in [-0.15, -0.1) is 0 Å². The predicted molar refractivity (Wildman–Crippen MR) is 44.8 cm³/mol. The monoisotopic (exact) mass is 144 g/mol. The third-order valence-electron chi connectivity index (χ3n) is 2.64. The first-order valence-electron chi connectivity index (χ1n) is 4.14. The van der Waals surface area contributed by atoms with Gasteiger partial charge in [-0.1, -0.05) is 27.7 Å². The average Bonchev–Trinajstić information content (AvgIpc) is 1.84. The van der Waals surface area contributed by atoms with E-state index in [1.54, 1.807) is 0 Å². The highest BCUT2D eigenvalue weighted by atomic mass is 16.3. The van der Waals surface area contributed by atoms with Gasteiger partial charge in [0.25, 0.3) is 0 Å². The Morgan fingerprint density at radius 3 is 1.30 bits per heavy atom. The van der Waals surface area contributed by atoms with Gasteiger partial charge in [0.15, 0.2) is 0 Å². The zero-order valence-electron chi connectivity index (χ0n) is 7.76. The van der Waals surface area contributed by atoms with Crippen LogP contribution < -0.4 is 0 Å². The van der Waals surface area contributed by atoms with Gasteiger partial charge in [-0.05, 0) is 24.7 Å². The fourth-order valence-electron chi connectivity index (χ4n) is 1.05. The van der Waals surface area contributed by atoms with Crippen molar-refractivity contribution in [3.63, 3.8) is 0 Å². The van der Waals surface area contributed by atoms with Crippen molar-refractivity contribution in [2.75, 3.05) is 0 Å². The number of hydrogen-bond acceptors (Lipinski definition) is 1. The minimum absolute atomic E-state index is 0.169. The first-order chi connectivity index (χ1) is 4.46. The van der Waals surface area contributed by atoms with E-state index in [0.29, 0.717) is 17.8 Å². The van der Waals surface area contributed by atoms with Crippen molar-refractivity contribution in [1.29, 1.82) is 0 Å². The van der Waals surface area contributed by atoms with E-state index in [2.05, 4.69) is 27.7 Å². The van der Waals surface area contributed by atoms with Crippen molar-refractivity contribution in [1.82, 2.24) is 0 Å². The summed E-state index contributed by atoms with van der Waals surface area (Å²) in [5.74, 6) is 1.70. The molecule has 1 heteroatoms. The van der Waals surface area contributed by atoms with E-state index < -0.39 is 0 Å². The van der Waals surface area contributed by atoms with E-state index in [0.717, 1.165) is 0 Å². The van der Waals surface area contributed by atoms with E-state index in [4.69, 9.17) is 0 Å². The fraction of sp³-hybridized carbons (Fsp3) is 1.00. The summed E-state index contributed by atoms with van der Waals surface area (Å²) in [6.45, 7) is 10.6. The Bertz CT molecular complexity index is 74.7. The summed E-state index contributed by atoms with van der Waals surface area (Å²) in [6, 6.07) is 0. The minimum atomic E-state index is -0.169. The van der Waals surface area contributed by atoms with Crippen LogP contribution in [-0.2, 0) is 0 Å². The number of aliphatic hydroxyl groups excluding tert-OH is 1. The standard InChI is InChI=1S/C9H20O/c1-6(2)7(3)8(4)9(5)10/h6-10H,1-5H3. The normalized spacial score (nSPS) is 20.7. The molecule has 0 saturated heterocycles. The molecule has 0 heterocycles. The molecule has 0 fully saturated rings. The third kappa shape index (κ3) is 2.70. The van der Waals surface area contributed by atoms with Crippen LogP contribution in [0.4, 0.5) is 0 Å². The van der Waals surface area contributed by atoms with Crippen molar-refractivity contribution in [3.05, 3.63) is 0 Å². The van der Waals surface area contributed by atoms with Gasteiger partial charge >= 0.3 is 0 Å². The zero-order valence-corrected chi connectivity index (χ0v) is 7.76. The maximum Gasteiger partial charge on any atom is 0.0540 e. The predicted octanol–water partition coefficient (Wildman–Crippen LogP) is 2.30. The van der Waals surface area contributed by atoms with Crippen molar-refractivity contribution < 1.29 is 5.11 Å². The molecular weight excluding hydrogens is 124 g/mol. The van der Waals surface area contributed by atoms with Crippen LogP contribution in [0.2, 0.25) is 0 Å². The smallest absolute Gasteiger partial charge is 0.0540 e. The molecular formula is C9H20O. The lowest BCUT2D eigenvalue weighted by Crippen LogP contribution is -2.24. The average molecular weight is 144 g/mol. The zero-order chi connectivity index (χ0) is 8.31. The van der Waals surface area contributed by atoms with Crippen LogP contribution in [-0.4, -0.2) is 11.2 Å². The summed E-state index contributed by atoms with van der Waals surface area (Å²) in [5.41, 5.74) is 0. The summed E-state index contributed by atoms with van der Waals surface area (Å²) in [7, 11) is 0. The molecule has 0 radical (unpaired) electrons. The molecule has 1 N–H and O–H groups in total. The molecule has 0 aliphatic carbocycles. The first-order valence-corrected chi connectivity index (χ1v) is 4.14. The van der Waals surface area contributed by atoms with Gasteiger partial charge in [-0.25, -0.2) is 0 Å². The summed E-state index contributed by atoms with van der Waals surface area (Å²) < 4.78 is 0. The van der Waals surface area contributed by atoms with Gasteiger partial charge in [-0.2, -0.15) is 0 Å². The summed E-state index contributed by atoms with van der Waals surface area (Å²) >= 11 is 0. The quantitative estimate of drug-likeness (QED) is 0.644. The highest BCUT2D eigenvalue weighted by molar-refractivity contribution is 4.68. The van der Waals surface area contributed by atoms with Crippen molar-refractivity contribution in [2.24, 2.45) is 17.8 Å². The molecule has 1 nitrogen and oxygen atoms in total. The molecule has 62 valence electrons. The Morgan fingerprint density at radius 1 is 0.800 bits per heavy atom. The SMILES string of the molecule is CC(C)C(C)C(C)C(C)O. The maximum absolute atomic E-state index is 9.24. The third-order valence-corrected chi connectivity index (χ3v) is 2.64. The first kappa shape index (κ1) is 9.96. The van der Waals surface area contributed by atoms with E-state index in [9.17, 15) is 5.11 Å². The Morgan fingerprint density at radius 2 is 1.20 bits per heavy atom. The molecule has 0 aliphatic heterocycles. The van der Waals surface area contributed by atoms with Gasteiger partial charge in [0.05, 0.1) is 6.10 Å². The maximum atomic E-state index is 9.24. The highest BCUT2D eigenvalue weighted by Gasteiger charge is 2.19. The molecule has 3 atom stereocenters. The topological polar surface area (TPSA) is 20.2 Å². The lowest BCUT2D eigenvalue weighted by atomic mass is 9.83. The largest absolute Gasteiger partial charge is 0.393 e. The van der Waals surface area contributed by atoms with Gasteiger partial charge < -0.3 is 5.11 Å². The fourth-order valence-corrected chi connectivity index (χ4v) is 1.05. The van der Waals surface area contributed by atoms with Gasteiger partial charge in [-0.3, -0.25) is 0 Å². The van der Waals surface area contributed by atoms with Gasteiger partial charge in [0.1, 0.15) is 0 Å². The molecule has 0 amide bonds. The lowest BCUT2D eigenvalue weighted by molar-refractivity contribution is 0.0882. The van der Waals surface area contributed by atoms with Crippen LogP contribution in [0.3, 0.4) is 0 Å². The number of hydrogen-bond donors (Lipinski definition) is 1. The highest BCUT2D eigenvalue weighted by Crippen LogP contribution is 2.22. The molecule has 0 aliphatic rings. The molecule has 10 heavy (non-hydrogen) atoms. The van der Waals surface area contributed by atoms with Crippen molar-refractivity contribution in [2.45, 2.75) is 40.7 Å². The second-order valence-corrected chi connectivity index (χ2v) is 3.70. The summed E-state index contributed by atoms with van der Waals surface area (Å²) in [4.78, 5) is 0. The molecule has 0 spiro atoms. The Balaban J connectivity index is 3.81. The number of aliphatic hydroxyl groups is 1. The van der Waals surface area contributed by atoms with Crippen LogP contribution in [0.15, 0.2) is 0 Å². The van der Waals surface area contributed by atoms with Crippen LogP contribution in [0.25, 0.3) is 0 Å². The van der Waals surface area contributed by atoms with E-state index in [-0.39, 0.29) is 6.10 Å². The molecule has 0 aromatic rings. The Kier molecular flexibility index (Phi) is 3.95. The van der Waals surface area contributed by atoms with E-state index in [1.165, 1.54) is 0 Å².